The number of nitrogens with zero attached hydrogens (tertiary/aromatic N) is 2. The van der Waals surface area contributed by atoms with Gasteiger partial charge in [-0.1, -0.05) is 13.8 Å². The molecule has 1 fully saturated rings. The van der Waals surface area contributed by atoms with Crippen molar-refractivity contribution in [2.75, 3.05) is 32.7 Å². The summed E-state index contributed by atoms with van der Waals surface area (Å²) in [5.41, 5.74) is 5.63. The number of nitrogens with two attached hydrogens (primary N) is 1. The lowest BCUT2D eigenvalue weighted by atomic mass is 9.99. The Bertz CT molecular complexity index is 318. The molecule has 5 nitrogen and oxygen atoms in total. The van der Waals surface area contributed by atoms with Crippen LogP contribution in [0.15, 0.2) is 0 Å². The molecule has 0 radical (unpaired) electrons. The Balaban J connectivity index is 2.66. The first-order valence-corrected chi connectivity index (χ1v) is 8.41. The Hall–Kier alpha value is -0.170. The summed E-state index contributed by atoms with van der Waals surface area (Å²) in [7, 11) is -3.25. The second kappa shape index (κ2) is 7.43. The topological polar surface area (TPSA) is 66.6 Å². The minimum atomic E-state index is -3.25. The van der Waals surface area contributed by atoms with E-state index in [1.807, 2.05) is 13.8 Å². The van der Waals surface area contributed by atoms with Gasteiger partial charge in [0, 0.05) is 26.2 Å². The number of hydrogen-bond donors (Lipinski definition) is 1. The van der Waals surface area contributed by atoms with Crippen LogP contribution in [0.25, 0.3) is 0 Å². The summed E-state index contributed by atoms with van der Waals surface area (Å²) in [5, 5.41) is 0. The molecule has 1 aliphatic heterocycles. The van der Waals surface area contributed by atoms with E-state index in [-0.39, 0.29) is 0 Å². The SMILES string of the molecule is CCCN(CCC)S(=O)(=O)N1CCC(CN)CC1. The fraction of sp³-hybridized carbons (Fsp3) is 1.00. The van der Waals surface area contributed by atoms with Gasteiger partial charge >= 0.3 is 0 Å². The summed E-state index contributed by atoms with van der Waals surface area (Å²) in [6.45, 7) is 7.17. The first-order valence-electron chi connectivity index (χ1n) is 7.01. The van der Waals surface area contributed by atoms with E-state index in [0.29, 0.717) is 38.6 Å². The second-order valence-electron chi connectivity index (χ2n) is 4.98. The molecule has 0 bridgehead atoms. The minimum absolute atomic E-state index is 0.488. The Labute approximate surface area is 112 Å². The highest BCUT2D eigenvalue weighted by atomic mass is 32.2. The number of hydrogen-bond acceptors (Lipinski definition) is 3. The van der Waals surface area contributed by atoms with Crippen LogP contribution in [0, 0.1) is 5.92 Å². The lowest BCUT2D eigenvalue weighted by Crippen LogP contribution is -2.48. The third-order valence-corrected chi connectivity index (χ3v) is 5.54. The van der Waals surface area contributed by atoms with Gasteiger partial charge < -0.3 is 5.73 Å². The van der Waals surface area contributed by atoms with E-state index in [0.717, 1.165) is 25.7 Å². The zero-order chi connectivity index (χ0) is 13.6. The Morgan fingerprint density at radius 3 is 2.06 bits per heavy atom. The molecule has 108 valence electrons. The fourth-order valence-electron chi connectivity index (χ4n) is 2.38. The van der Waals surface area contributed by atoms with Gasteiger partial charge in [0.15, 0.2) is 0 Å². The zero-order valence-electron chi connectivity index (χ0n) is 11.6. The van der Waals surface area contributed by atoms with Gasteiger partial charge in [-0.05, 0) is 38.1 Å². The maximum atomic E-state index is 12.5. The van der Waals surface area contributed by atoms with Gasteiger partial charge in [-0.2, -0.15) is 17.0 Å². The van der Waals surface area contributed by atoms with E-state index in [2.05, 4.69) is 0 Å². The highest BCUT2D eigenvalue weighted by Gasteiger charge is 2.31. The van der Waals surface area contributed by atoms with Gasteiger partial charge in [0.25, 0.3) is 10.2 Å². The molecular weight excluding hydrogens is 250 g/mol. The standard InChI is InChI=1S/C12H27N3O2S/c1-3-7-14(8-4-2)18(16,17)15-9-5-12(11-13)6-10-15/h12H,3-11,13H2,1-2H3. The third kappa shape index (κ3) is 3.91. The molecule has 0 aromatic carbocycles. The molecule has 2 N–H and O–H groups in total. The monoisotopic (exact) mass is 277 g/mol. The van der Waals surface area contributed by atoms with Crippen molar-refractivity contribution in [2.45, 2.75) is 39.5 Å². The molecule has 0 spiro atoms. The molecule has 0 aromatic rings. The van der Waals surface area contributed by atoms with E-state index in [1.165, 1.54) is 0 Å². The van der Waals surface area contributed by atoms with E-state index in [9.17, 15) is 8.42 Å². The minimum Gasteiger partial charge on any atom is -0.330 e. The van der Waals surface area contributed by atoms with E-state index >= 15 is 0 Å². The van der Waals surface area contributed by atoms with Crippen molar-refractivity contribution in [1.82, 2.24) is 8.61 Å². The highest BCUT2D eigenvalue weighted by Crippen LogP contribution is 2.20. The quantitative estimate of drug-likeness (QED) is 0.755. The molecule has 1 heterocycles. The Morgan fingerprint density at radius 2 is 1.67 bits per heavy atom. The van der Waals surface area contributed by atoms with Crippen LogP contribution in [-0.2, 0) is 10.2 Å². The summed E-state index contributed by atoms with van der Waals surface area (Å²) >= 11 is 0. The zero-order valence-corrected chi connectivity index (χ0v) is 12.5. The van der Waals surface area contributed by atoms with Gasteiger partial charge in [-0.25, -0.2) is 0 Å². The van der Waals surface area contributed by atoms with Crippen molar-refractivity contribution in [2.24, 2.45) is 11.7 Å². The Morgan fingerprint density at radius 1 is 1.17 bits per heavy atom. The molecule has 0 atom stereocenters. The summed E-state index contributed by atoms with van der Waals surface area (Å²) in [6.07, 6.45) is 3.50. The Kier molecular flexibility index (Phi) is 6.55. The number of rotatable bonds is 7. The van der Waals surface area contributed by atoms with E-state index in [4.69, 9.17) is 5.73 Å². The number of piperidine rings is 1. The van der Waals surface area contributed by atoms with Crippen molar-refractivity contribution in [3.05, 3.63) is 0 Å². The van der Waals surface area contributed by atoms with Gasteiger partial charge in [0.05, 0.1) is 0 Å². The molecule has 0 aliphatic carbocycles. The predicted molar refractivity (Wildman–Crippen MR) is 74.4 cm³/mol. The summed E-state index contributed by atoms with van der Waals surface area (Å²) < 4.78 is 28.2. The van der Waals surface area contributed by atoms with Gasteiger partial charge in [0.2, 0.25) is 0 Å². The molecule has 0 aromatic heterocycles. The van der Waals surface area contributed by atoms with Crippen molar-refractivity contribution < 1.29 is 8.42 Å². The lowest BCUT2D eigenvalue weighted by molar-refractivity contribution is 0.256. The van der Waals surface area contributed by atoms with Crippen molar-refractivity contribution in [1.29, 1.82) is 0 Å². The van der Waals surface area contributed by atoms with Gasteiger partial charge in [-0.3, -0.25) is 0 Å². The van der Waals surface area contributed by atoms with E-state index < -0.39 is 10.2 Å². The fourth-order valence-corrected chi connectivity index (χ4v) is 4.21. The smallest absolute Gasteiger partial charge is 0.281 e. The van der Waals surface area contributed by atoms with E-state index in [1.54, 1.807) is 8.61 Å². The molecule has 1 rings (SSSR count). The van der Waals surface area contributed by atoms with Crippen LogP contribution in [0.1, 0.15) is 39.5 Å². The van der Waals surface area contributed by atoms with Crippen molar-refractivity contribution >= 4 is 10.2 Å². The second-order valence-corrected chi connectivity index (χ2v) is 6.91. The van der Waals surface area contributed by atoms with Crippen LogP contribution in [0.4, 0.5) is 0 Å². The molecule has 1 saturated heterocycles. The van der Waals surface area contributed by atoms with Gasteiger partial charge in [0.1, 0.15) is 0 Å². The first-order chi connectivity index (χ1) is 8.56. The lowest BCUT2D eigenvalue weighted by Gasteiger charge is -2.34. The van der Waals surface area contributed by atoms with Crippen molar-refractivity contribution in [3.8, 4) is 0 Å². The molecule has 0 amide bonds. The molecule has 18 heavy (non-hydrogen) atoms. The predicted octanol–water partition coefficient (Wildman–Crippen LogP) is 1.02. The normalized spacial score (nSPS) is 19.6. The van der Waals surface area contributed by atoms with Crippen LogP contribution >= 0.6 is 0 Å². The van der Waals surface area contributed by atoms with Gasteiger partial charge in [-0.15, -0.1) is 0 Å². The molecule has 0 saturated carbocycles. The van der Waals surface area contributed by atoms with Crippen LogP contribution < -0.4 is 5.73 Å². The van der Waals surface area contributed by atoms with Crippen LogP contribution in [0.3, 0.4) is 0 Å². The summed E-state index contributed by atoms with van der Waals surface area (Å²) in [4.78, 5) is 0. The van der Waals surface area contributed by atoms with Crippen LogP contribution in [0.5, 0.6) is 0 Å². The highest BCUT2D eigenvalue weighted by molar-refractivity contribution is 7.86. The average Bonchev–Trinajstić information content (AvgIpc) is 2.38. The summed E-state index contributed by atoms with van der Waals surface area (Å²) in [5.74, 6) is 0.488. The largest absolute Gasteiger partial charge is 0.330 e. The summed E-state index contributed by atoms with van der Waals surface area (Å²) in [6, 6.07) is 0. The maximum absolute atomic E-state index is 12.5. The molecular formula is C12H27N3O2S. The maximum Gasteiger partial charge on any atom is 0.281 e. The first kappa shape index (κ1) is 15.9. The third-order valence-electron chi connectivity index (χ3n) is 3.51. The average molecular weight is 277 g/mol. The molecule has 6 heteroatoms. The molecule has 0 unspecified atom stereocenters. The van der Waals surface area contributed by atoms with Crippen LogP contribution in [0.2, 0.25) is 0 Å². The van der Waals surface area contributed by atoms with Crippen LogP contribution in [-0.4, -0.2) is 49.8 Å². The molecule has 1 aliphatic rings. The van der Waals surface area contributed by atoms with Crippen molar-refractivity contribution in [3.63, 3.8) is 0 Å².